The fourth-order valence-corrected chi connectivity index (χ4v) is 2.39. The standard InChI is InChI=1S/C12H17N3O4/c1-19-10(16)7-15(8-4-2-3-5-8)11(17)9-6-13-12(18)14-9/h6,8H,2-5,7H2,1H3,(H2,13,14,18). The highest BCUT2D eigenvalue weighted by atomic mass is 16.5. The lowest BCUT2D eigenvalue weighted by Gasteiger charge is -2.27. The maximum absolute atomic E-state index is 12.3. The topological polar surface area (TPSA) is 95.3 Å². The third-order valence-corrected chi connectivity index (χ3v) is 3.38. The van der Waals surface area contributed by atoms with Crippen molar-refractivity contribution in [2.75, 3.05) is 13.7 Å². The first kappa shape index (κ1) is 13.4. The van der Waals surface area contributed by atoms with Gasteiger partial charge in [-0.15, -0.1) is 0 Å². The number of imidazole rings is 1. The second-order valence-corrected chi connectivity index (χ2v) is 4.60. The van der Waals surface area contributed by atoms with Crippen LogP contribution in [0, 0.1) is 0 Å². The number of carbonyl (C=O) groups is 2. The Labute approximate surface area is 109 Å². The lowest BCUT2D eigenvalue weighted by molar-refractivity contribution is -0.141. The minimum atomic E-state index is -0.460. The summed E-state index contributed by atoms with van der Waals surface area (Å²) < 4.78 is 4.62. The van der Waals surface area contributed by atoms with E-state index in [-0.39, 0.29) is 24.2 Å². The molecule has 1 aromatic rings. The number of aromatic amines is 2. The molecular formula is C12H17N3O4. The number of aromatic nitrogens is 2. The highest BCUT2D eigenvalue weighted by molar-refractivity contribution is 5.94. The van der Waals surface area contributed by atoms with Crippen LogP contribution in [0.15, 0.2) is 11.0 Å². The van der Waals surface area contributed by atoms with Gasteiger partial charge in [0.15, 0.2) is 0 Å². The summed E-state index contributed by atoms with van der Waals surface area (Å²) in [5.74, 6) is -0.811. The fourth-order valence-electron chi connectivity index (χ4n) is 2.39. The summed E-state index contributed by atoms with van der Waals surface area (Å²) in [6.45, 7) is -0.0901. The van der Waals surface area contributed by atoms with Crippen molar-refractivity contribution in [3.8, 4) is 0 Å². The second kappa shape index (κ2) is 5.73. The van der Waals surface area contributed by atoms with Crippen LogP contribution in [0.25, 0.3) is 0 Å². The SMILES string of the molecule is COC(=O)CN(C(=O)c1c[nH]c(=O)[nH]1)C1CCCC1. The zero-order valence-electron chi connectivity index (χ0n) is 10.8. The summed E-state index contributed by atoms with van der Waals surface area (Å²) in [7, 11) is 1.29. The van der Waals surface area contributed by atoms with E-state index in [1.54, 1.807) is 0 Å². The predicted octanol–water partition coefficient (Wildman–Crippen LogP) is 0.261. The lowest BCUT2D eigenvalue weighted by atomic mass is 10.2. The van der Waals surface area contributed by atoms with Crippen molar-refractivity contribution < 1.29 is 14.3 Å². The summed E-state index contributed by atoms with van der Waals surface area (Å²) >= 11 is 0. The largest absolute Gasteiger partial charge is 0.468 e. The van der Waals surface area contributed by atoms with Crippen LogP contribution in [-0.2, 0) is 9.53 Å². The number of hydrogen-bond donors (Lipinski definition) is 2. The summed E-state index contributed by atoms with van der Waals surface area (Å²) in [6, 6.07) is 0.0324. The summed E-state index contributed by atoms with van der Waals surface area (Å²) in [5.41, 5.74) is -0.270. The zero-order chi connectivity index (χ0) is 13.8. The molecule has 0 bridgehead atoms. The smallest absolute Gasteiger partial charge is 0.325 e. The zero-order valence-corrected chi connectivity index (χ0v) is 10.8. The van der Waals surface area contributed by atoms with Gasteiger partial charge >= 0.3 is 11.7 Å². The fraction of sp³-hybridized carbons (Fsp3) is 0.583. The molecule has 1 aliphatic carbocycles. The number of hydrogen-bond acceptors (Lipinski definition) is 4. The number of esters is 1. The van der Waals surface area contributed by atoms with Crippen LogP contribution in [0.2, 0.25) is 0 Å². The third-order valence-electron chi connectivity index (χ3n) is 3.38. The van der Waals surface area contributed by atoms with Gasteiger partial charge in [0.2, 0.25) is 0 Å². The van der Waals surface area contributed by atoms with Gasteiger partial charge in [-0.2, -0.15) is 0 Å². The van der Waals surface area contributed by atoms with Gasteiger partial charge in [-0.1, -0.05) is 12.8 Å². The van der Waals surface area contributed by atoms with E-state index in [0.29, 0.717) is 0 Å². The van der Waals surface area contributed by atoms with Gasteiger partial charge in [0.05, 0.1) is 7.11 Å². The Kier molecular flexibility index (Phi) is 4.03. The molecule has 1 saturated carbocycles. The number of H-pyrrole nitrogens is 2. The molecule has 2 rings (SSSR count). The van der Waals surface area contributed by atoms with E-state index < -0.39 is 11.7 Å². The molecule has 1 amide bonds. The molecular weight excluding hydrogens is 250 g/mol. The Morgan fingerprint density at radius 3 is 2.63 bits per heavy atom. The summed E-state index contributed by atoms with van der Waals surface area (Å²) in [6.07, 6.45) is 5.15. The Morgan fingerprint density at radius 1 is 1.42 bits per heavy atom. The number of carbonyl (C=O) groups excluding carboxylic acids is 2. The maximum Gasteiger partial charge on any atom is 0.325 e. The maximum atomic E-state index is 12.3. The van der Waals surface area contributed by atoms with Crippen LogP contribution in [0.3, 0.4) is 0 Å². The number of rotatable bonds is 4. The molecule has 104 valence electrons. The van der Waals surface area contributed by atoms with E-state index >= 15 is 0 Å². The quantitative estimate of drug-likeness (QED) is 0.765. The predicted molar refractivity (Wildman–Crippen MR) is 66.7 cm³/mol. The van der Waals surface area contributed by atoms with Crippen molar-refractivity contribution >= 4 is 11.9 Å². The molecule has 19 heavy (non-hydrogen) atoms. The van der Waals surface area contributed by atoms with Crippen molar-refractivity contribution in [1.82, 2.24) is 14.9 Å². The first-order valence-corrected chi connectivity index (χ1v) is 6.27. The Hall–Kier alpha value is -2.05. The lowest BCUT2D eigenvalue weighted by Crippen LogP contribution is -2.42. The van der Waals surface area contributed by atoms with E-state index in [2.05, 4.69) is 14.7 Å². The van der Waals surface area contributed by atoms with E-state index in [4.69, 9.17) is 0 Å². The molecule has 0 atom stereocenters. The average Bonchev–Trinajstić information content (AvgIpc) is 3.05. The van der Waals surface area contributed by atoms with Crippen LogP contribution >= 0.6 is 0 Å². The van der Waals surface area contributed by atoms with Crippen molar-refractivity contribution in [2.24, 2.45) is 0 Å². The molecule has 1 fully saturated rings. The van der Waals surface area contributed by atoms with Crippen molar-refractivity contribution in [1.29, 1.82) is 0 Å². The van der Waals surface area contributed by atoms with Gasteiger partial charge in [-0.05, 0) is 12.8 Å². The number of methoxy groups -OCH3 is 1. The number of nitrogens with zero attached hydrogens (tertiary/aromatic N) is 1. The van der Waals surface area contributed by atoms with Crippen LogP contribution in [0.4, 0.5) is 0 Å². The minimum absolute atomic E-state index is 0.0324. The van der Waals surface area contributed by atoms with E-state index in [9.17, 15) is 14.4 Å². The molecule has 1 heterocycles. The Morgan fingerprint density at radius 2 is 2.11 bits per heavy atom. The molecule has 0 saturated heterocycles. The van der Waals surface area contributed by atoms with Crippen molar-refractivity contribution in [3.05, 3.63) is 22.4 Å². The first-order valence-electron chi connectivity index (χ1n) is 6.27. The van der Waals surface area contributed by atoms with E-state index in [1.807, 2.05) is 0 Å². The van der Waals surface area contributed by atoms with E-state index in [1.165, 1.54) is 18.2 Å². The van der Waals surface area contributed by atoms with Gasteiger partial charge in [0.25, 0.3) is 5.91 Å². The highest BCUT2D eigenvalue weighted by Gasteiger charge is 2.30. The molecule has 0 aliphatic heterocycles. The monoisotopic (exact) mass is 267 g/mol. The van der Waals surface area contributed by atoms with Gasteiger partial charge in [0.1, 0.15) is 12.2 Å². The van der Waals surface area contributed by atoms with Crippen LogP contribution in [0.5, 0.6) is 0 Å². The molecule has 0 aromatic carbocycles. The van der Waals surface area contributed by atoms with Gasteiger partial charge in [0, 0.05) is 12.2 Å². The molecule has 7 nitrogen and oxygen atoms in total. The molecule has 1 aromatic heterocycles. The molecule has 0 unspecified atom stereocenters. The van der Waals surface area contributed by atoms with Gasteiger partial charge in [-0.3, -0.25) is 9.59 Å². The number of nitrogens with one attached hydrogen (secondary N) is 2. The average molecular weight is 267 g/mol. The summed E-state index contributed by atoms with van der Waals surface area (Å²) in [4.78, 5) is 41.1. The van der Waals surface area contributed by atoms with Crippen molar-refractivity contribution in [3.63, 3.8) is 0 Å². The van der Waals surface area contributed by atoms with E-state index in [0.717, 1.165) is 25.7 Å². The first-order chi connectivity index (χ1) is 9.11. The third kappa shape index (κ3) is 3.04. The molecule has 0 radical (unpaired) electrons. The molecule has 2 N–H and O–H groups in total. The summed E-state index contributed by atoms with van der Waals surface area (Å²) in [5, 5.41) is 0. The van der Waals surface area contributed by atoms with Crippen molar-refractivity contribution in [2.45, 2.75) is 31.7 Å². The number of ether oxygens (including phenoxy) is 1. The number of amides is 1. The molecule has 7 heteroatoms. The van der Waals surface area contributed by atoms with Crippen LogP contribution in [0.1, 0.15) is 36.2 Å². The Balaban J connectivity index is 2.18. The van der Waals surface area contributed by atoms with Gasteiger partial charge in [-0.25, -0.2) is 4.79 Å². The highest BCUT2D eigenvalue weighted by Crippen LogP contribution is 2.24. The minimum Gasteiger partial charge on any atom is -0.468 e. The molecule has 0 spiro atoms. The Bertz CT molecular complexity index is 513. The second-order valence-electron chi connectivity index (χ2n) is 4.60. The normalized spacial score (nSPS) is 15.4. The van der Waals surface area contributed by atoms with Gasteiger partial charge < -0.3 is 19.6 Å². The van der Waals surface area contributed by atoms with Crippen LogP contribution < -0.4 is 5.69 Å². The van der Waals surface area contributed by atoms with Crippen LogP contribution in [-0.4, -0.2) is 46.4 Å². The molecule has 1 aliphatic rings.